The van der Waals surface area contributed by atoms with Crippen LogP contribution in [0.25, 0.3) is 0 Å². The normalized spacial score (nSPS) is 16.1. The van der Waals surface area contributed by atoms with E-state index < -0.39 is 24.0 Å². The number of methoxy groups -OCH3 is 1. The van der Waals surface area contributed by atoms with Gasteiger partial charge in [0.05, 0.1) is 7.11 Å². The number of hydrogen-bond donors (Lipinski definition) is 3. The van der Waals surface area contributed by atoms with E-state index in [-0.39, 0.29) is 12.8 Å². The number of nitrogens with one attached hydrogen (secondary N) is 2. The predicted molar refractivity (Wildman–Crippen MR) is 66.5 cm³/mol. The van der Waals surface area contributed by atoms with Crippen LogP contribution in [0.5, 0.6) is 0 Å². The molecule has 0 heterocycles. The van der Waals surface area contributed by atoms with Gasteiger partial charge in [-0.3, -0.25) is 4.79 Å². The molecule has 7 heteroatoms. The molecule has 1 rings (SSSR count). The van der Waals surface area contributed by atoms with Gasteiger partial charge in [0, 0.05) is 13.0 Å². The van der Waals surface area contributed by atoms with Gasteiger partial charge < -0.3 is 20.5 Å². The van der Waals surface area contributed by atoms with Gasteiger partial charge in [0.15, 0.2) is 0 Å². The number of carboxylic acid groups (broad SMARTS) is 1. The van der Waals surface area contributed by atoms with Crippen molar-refractivity contribution in [3.05, 3.63) is 0 Å². The fourth-order valence-corrected chi connectivity index (χ4v) is 1.76. The number of carbonyl (C=O) groups excluding carboxylic acids is 2. The zero-order valence-corrected chi connectivity index (χ0v) is 11.0. The van der Waals surface area contributed by atoms with E-state index >= 15 is 0 Å². The molecule has 0 spiro atoms. The van der Waals surface area contributed by atoms with Gasteiger partial charge in [0.25, 0.3) is 0 Å². The summed E-state index contributed by atoms with van der Waals surface area (Å²) in [5.41, 5.74) is 0. The van der Waals surface area contributed by atoms with E-state index in [2.05, 4.69) is 15.4 Å². The average Bonchev–Trinajstić information content (AvgIpc) is 2.31. The quantitative estimate of drug-likeness (QED) is 0.585. The minimum Gasteiger partial charge on any atom is -0.480 e. The van der Waals surface area contributed by atoms with Crippen LogP contribution in [0.3, 0.4) is 0 Å². The summed E-state index contributed by atoms with van der Waals surface area (Å²) in [6.45, 7) is 0.565. The van der Waals surface area contributed by atoms with Crippen molar-refractivity contribution in [2.45, 2.75) is 38.1 Å². The molecular formula is C12H20N2O5. The standard InChI is InChI=1S/C12H20N2O5/c1-19-10(15)6-5-9(11(16)17)14-12(18)13-7-8-3-2-4-8/h8-9H,2-7H2,1H3,(H,16,17)(H2,13,14,18)/t9-/m0/s1. The molecule has 0 unspecified atom stereocenters. The fourth-order valence-electron chi connectivity index (χ4n) is 1.76. The van der Waals surface area contributed by atoms with Crippen molar-refractivity contribution in [3.8, 4) is 0 Å². The lowest BCUT2D eigenvalue weighted by Gasteiger charge is -2.25. The van der Waals surface area contributed by atoms with Gasteiger partial charge in [-0.15, -0.1) is 0 Å². The Bertz CT molecular complexity index is 341. The summed E-state index contributed by atoms with van der Waals surface area (Å²) < 4.78 is 4.43. The minimum absolute atomic E-state index is 0.0128. The van der Waals surface area contributed by atoms with Crippen molar-refractivity contribution in [1.29, 1.82) is 0 Å². The van der Waals surface area contributed by atoms with E-state index in [4.69, 9.17) is 5.11 Å². The van der Waals surface area contributed by atoms with Crippen LogP contribution in [0.2, 0.25) is 0 Å². The van der Waals surface area contributed by atoms with E-state index in [9.17, 15) is 14.4 Å². The molecular weight excluding hydrogens is 252 g/mol. The zero-order valence-electron chi connectivity index (χ0n) is 11.0. The number of amides is 2. The first-order valence-electron chi connectivity index (χ1n) is 6.37. The molecule has 0 bridgehead atoms. The van der Waals surface area contributed by atoms with Crippen LogP contribution in [0.1, 0.15) is 32.1 Å². The molecule has 1 aliphatic rings. The number of urea groups is 1. The highest BCUT2D eigenvalue weighted by molar-refractivity contribution is 5.83. The van der Waals surface area contributed by atoms with Gasteiger partial charge in [-0.05, 0) is 25.2 Å². The molecule has 0 saturated heterocycles. The van der Waals surface area contributed by atoms with Crippen LogP contribution in [0.4, 0.5) is 4.79 Å². The number of esters is 1. The van der Waals surface area contributed by atoms with E-state index in [1.54, 1.807) is 0 Å². The van der Waals surface area contributed by atoms with Gasteiger partial charge in [0.1, 0.15) is 6.04 Å². The van der Waals surface area contributed by atoms with Gasteiger partial charge in [0.2, 0.25) is 0 Å². The summed E-state index contributed by atoms with van der Waals surface area (Å²) >= 11 is 0. The highest BCUT2D eigenvalue weighted by atomic mass is 16.5. The molecule has 0 aliphatic heterocycles. The Hall–Kier alpha value is -1.79. The predicted octanol–water partition coefficient (Wildman–Crippen LogP) is 0.492. The Morgan fingerprint density at radius 3 is 2.53 bits per heavy atom. The van der Waals surface area contributed by atoms with Crippen LogP contribution in [-0.4, -0.2) is 42.8 Å². The molecule has 108 valence electrons. The second kappa shape index (κ2) is 7.60. The molecule has 7 nitrogen and oxygen atoms in total. The first kappa shape index (κ1) is 15.3. The number of carbonyl (C=O) groups is 3. The molecule has 3 N–H and O–H groups in total. The van der Waals surface area contributed by atoms with Gasteiger partial charge in [-0.2, -0.15) is 0 Å². The van der Waals surface area contributed by atoms with Gasteiger partial charge >= 0.3 is 18.0 Å². The third kappa shape index (κ3) is 5.58. The number of hydrogen-bond acceptors (Lipinski definition) is 4. The highest BCUT2D eigenvalue weighted by Gasteiger charge is 2.22. The summed E-state index contributed by atoms with van der Waals surface area (Å²) in [4.78, 5) is 33.4. The summed E-state index contributed by atoms with van der Waals surface area (Å²) in [6, 6.07) is -1.59. The topological polar surface area (TPSA) is 105 Å². The number of carboxylic acids is 1. The first-order valence-corrected chi connectivity index (χ1v) is 6.37. The SMILES string of the molecule is COC(=O)CC[C@H](NC(=O)NCC1CCC1)C(=O)O. The monoisotopic (exact) mass is 272 g/mol. The highest BCUT2D eigenvalue weighted by Crippen LogP contribution is 2.24. The Balaban J connectivity index is 2.28. The molecule has 0 aromatic heterocycles. The fraction of sp³-hybridized carbons (Fsp3) is 0.750. The van der Waals surface area contributed by atoms with Crippen LogP contribution in [-0.2, 0) is 14.3 Å². The second-order valence-electron chi connectivity index (χ2n) is 4.66. The maximum Gasteiger partial charge on any atom is 0.326 e. The lowest BCUT2D eigenvalue weighted by molar-refractivity contribution is -0.142. The number of ether oxygens (including phenoxy) is 1. The van der Waals surface area contributed by atoms with Crippen molar-refractivity contribution in [2.75, 3.05) is 13.7 Å². The summed E-state index contributed by atoms with van der Waals surface area (Å²) in [6.07, 6.45) is 3.36. The molecule has 19 heavy (non-hydrogen) atoms. The maximum atomic E-state index is 11.5. The van der Waals surface area contributed by atoms with Crippen molar-refractivity contribution < 1.29 is 24.2 Å². The summed E-state index contributed by atoms with van der Waals surface area (Å²) in [5, 5.41) is 13.9. The van der Waals surface area contributed by atoms with E-state index in [0.29, 0.717) is 12.5 Å². The number of rotatable bonds is 7. The second-order valence-corrected chi connectivity index (χ2v) is 4.66. The van der Waals surface area contributed by atoms with E-state index in [1.165, 1.54) is 13.5 Å². The van der Waals surface area contributed by atoms with E-state index in [1.807, 2.05) is 0 Å². The average molecular weight is 272 g/mol. The van der Waals surface area contributed by atoms with Crippen molar-refractivity contribution in [3.63, 3.8) is 0 Å². The van der Waals surface area contributed by atoms with Crippen molar-refractivity contribution in [2.24, 2.45) is 5.92 Å². The van der Waals surface area contributed by atoms with Crippen molar-refractivity contribution >= 4 is 18.0 Å². The molecule has 1 aliphatic carbocycles. The van der Waals surface area contributed by atoms with Gasteiger partial charge in [-0.1, -0.05) is 6.42 Å². The van der Waals surface area contributed by atoms with Crippen LogP contribution in [0, 0.1) is 5.92 Å². The Labute approximate surface area is 111 Å². The molecule has 1 atom stereocenters. The van der Waals surface area contributed by atoms with Crippen LogP contribution < -0.4 is 10.6 Å². The first-order chi connectivity index (χ1) is 9.02. The Morgan fingerprint density at radius 1 is 1.37 bits per heavy atom. The van der Waals surface area contributed by atoms with Crippen molar-refractivity contribution in [1.82, 2.24) is 10.6 Å². The molecule has 1 saturated carbocycles. The van der Waals surface area contributed by atoms with E-state index in [0.717, 1.165) is 12.8 Å². The Morgan fingerprint density at radius 2 is 2.05 bits per heavy atom. The maximum absolute atomic E-state index is 11.5. The molecule has 2 amide bonds. The minimum atomic E-state index is -1.16. The molecule has 0 radical (unpaired) electrons. The number of aliphatic carboxylic acids is 1. The summed E-state index contributed by atoms with van der Waals surface area (Å²) in [5.74, 6) is -1.16. The lowest BCUT2D eigenvalue weighted by atomic mass is 9.85. The molecule has 0 aromatic rings. The zero-order chi connectivity index (χ0) is 14.3. The lowest BCUT2D eigenvalue weighted by Crippen LogP contribution is -2.47. The Kier molecular flexibility index (Phi) is 6.11. The molecule has 0 aromatic carbocycles. The smallest absolute Gasteiger partial charge is 0.326 e. The van der Waals surface area contributed by atoms with Crippen LogP contribution in [0.15, 0.2) is 0 Å². The summed E-state index contributed by atoms with van der Waals surface area (Å²) in [7, 11) is 1.23. The van der Waals surface area contributed by atoms with Crippen LogP contribution >= 0.6 is 0 Å². The largest absolute Gasteiger partial charge is 0.480 e. The third-order valence-corrected chi connectivity index (χ3v) is 3.24. The third-order valence-electron chi connectivity index (χ3n) is 3.24. The molecule has 1 fully saturated rings. The van der Waals surface area contributed by atoms with Gasteiger partial charge in [-0.25, -0.2) is 9.59 Å².